The molecule has 0 aliphatic rings. The van der Waals surface area contributed by atoms with E-state index < -0.39 is 11.2 Å². The summed E-state index contributed by atoms with van der Waals surface area (Å²) in [6, 6.07) is 3.60. The minimum absolute atomic E-state index is 0.0915. The smallest absolute Gasteiger partial charge is 0.328 e. The van der Waals surface area contributed by atoms with Gasteiger partial charge in [0, 0.05) is 25.0 Å². The van der Waals surface area contributed by atoms with Crippen LogP contribution in [0.25, 0.3) is 0 Å². The molecule has 0 saturated heterocycles. The molecule has 2 N–H and O–H groups in total. The molecule has 2 heterocycles. The highest BCUT2D eigenvalue weighted by atomic mass is 16.2. The van der Waals surface area contributed by atoms with Gasteiger partial charge in [0.15, 0.2) is 0 Å². The fraction of sp³-hybridized carbons (Fsp3) is 0.375. The van der Waals surface area contributed by atoms with E-state index in [-0.39, 0.29) is 23.9 Å². The summed E-state index contributed by atoms with van der Waals surface area (Å²) in [5, 5.41) is 2.88. The van der Waals surface area contributed by atoms with Gasteiger partial charge in [-0.15, -0.1) is 0 Å². The van der Waals surface area contributed by atoms with Crippen molar-refractivity contribution >= 4 is 5.91 Å². The van der Waals surface area contributed by atoms with Gasteiger partial charge in [-0.1, -0.05) is 6.92 Å². The Kier molecular flexibility index (Phi) is 5.10. The number of rotatable bonds is 5. The molecule has 0 aliphatic heterocycles. The van der Waals surface area contributed by atoms with E-state index in [1.54, 1.807) is 6.20 Å². The fourth-order valence-corrected chi connectivity index (χ4v) is 2.30. The van der Waals surface area contributed by atoms with Crippen molar-refractivity contribution in [1.82, 2.24) is 19.9 Å². The molecule has 2 rings (SSSR count). The van der Waals surface area contributed by atoms with Gasteiger partial charge in [0.2, 0.25) is 5.91 Å². The summed E-state index contributed by atoms with van der Waals surface area (Å²) < 4.78 is 0.946. The molecule has 7 heteroatoms. The van der Waals surface area contributed by atoms with Crippen molar-refractivity contribution in [3.63, 3.8) is 0 Å². The Morgan fingerprint density at radius 2 is 2.17 bits per heavy atom. The number of H-pyrrole nitrogens is 1. The molecule has 0 radical (unpaired) electrons. The highest BCUT2D eigenvalue weighted by Crippen LogP contribution is 2.15. The zero-order chi connectivity index (χ0) is 17.0. The summed E-state index contributed by atoms with van der Waals surface area (Å²) in [4.78, 5) is 42.2. The first-order valence-electron chi connectivity index (χ1n) is 7.42. The van der Waals surface area contributed by atoms with Crippen LogP contribution in [-0.4, -0.2) is 20.4 Å². The number of aromatic amines is 1. The van der Waals surface area contributed by atoms with Crippen LogP contribution in [0.4, 0.5) is 0 Å². The Bertz CT molecular complexity index is 823. The van der Waals surface area contributed by atoms with Gasteiger partial charge >= 0.3 is 5.69 Å². The lowest BCUT2D eigenvalue weighted by atomic mass is 10.1. The minimum atomic E-state index is -0.505. The van der Waals surface area contributed by atoms with E-state index in [1.807, 2.05) is 26.0 Å². The number of pyridine rings is 1. The number of carbonyl (C=O) groups excluding carboxylic acids is 1. The number of nitrogens with zero attached hydrogens (tertiary/aromatic N) is 2. The van der Waals surface area contributed by atoms with Gasteiger partial charge in [-0.05, 0) is 31.0 Å². The number of amides is 1. The van der Waals surface area contributed by atoms with Crippen LogP contribution in [0.5, 0.6) is 0 Å². The molecule has 0 unspecified atom stereocenters. The van der Waals surface area contributed by atoms with Gasteiger partial charge in [0.05, 0.1) is 18.2 Å². The number of aryl methyl sites for hydroxylation is 1. The second-order valence-electron chi connectivity index (χ2n) is 5.45. The van der Waals surface area contributed by atoms with Gasteiger partial charge in [-0.3, -0.25) is 19.1 Å². The number of nitrogens with one attached hydrogen (secondary N) is 2. The zero-order valence-electron chi connectivity index (χ0n) is 13.4. The van der Waals surface area contributed by atoms with Crippen LogP contribution in [0.15, 0.2) is 34.1 Å². The lowest BCUT2D eigenvalue weighted by molar-refractivity contribution is -0.121. The van der Waals surface area contributed by atoms with Crippen LogP contribution in [0, 0.1) is 6.92 Å². The Labute approximate surface area is 133 Å². The molecule has 2 aromatic rings. The highest BCUT2D eigenvalue weighted by molar-refractivity contribution is 5.78. The van der Waals surface area contributed by atoms with Gasteiger partial charge in [-0.25, -0.2) is 4.79 Å². The maximum atomic E-state index is 12.2. The summed E-state index contributed by atoms with van der Waals surface area (Å²) >= 11 is 0. The summed E-state index contributed by atoms with van der Waals surface area (Å²) in [7, 11) is 1.37. The molecule has 1 amide bonds. The summed E-state index contributed by atoms with van der Waals surface area (Å²) in [5.74, 6) is -0.288. The van der Waals surface area contributed by atoms with E-state index in [1.165, 1.54) is 13.2 Å². The molecule has 0 fully saturated rings. The number of aromatic nitrogens is 3. The van der Waals surface area contributed by atoms with Gasteiger partial charge in [0.1, 0.15) is 0 Å². The molecular formula is C16H20N4O3. The van der Waals surface area contributed by atoms with E-state index in [0.717, 1.165) is 15.8 Å². The third kappa shape index (κ3) is 3.94. The molecule has 0 aromatic carbocycles. The molecule has 122 valence electrons. The average Bonchev–Trinajstić information content (AvgIpc) is 2.53. The van der Waals surface area contributed by atoms with E-state index in [4.69, 9.17) is 0 Å². The molecular weight excluding hydrogens is 296 g/mol. The van der Waals surface area contributed by atoms with Crippen LogP contribution in [-0.2, 0) is 18.3 Å². The van der Waals surface area contributed by atoms with Gasteiger partial charge < -0.3 is 10.3 Å². The SMILES string of the molecule is CC[C@H](NC(=O)Cc1c[nH]c(=O)n(C)c1=O)c1cc(C)ccn1. The van der Waals surface area contributed by atoms with E-state index in [9.17, 15) is 14.4 Å². The largest absolute Gasteiger partial charge is 0.347 e. The Balaban J connectivity index is 2.14. The molecule has 2 aromatic heterocycles. The molecule has 0 saturated carbocycles. The van der Waals surface area contributed by atoms with Crippen molar-refractivity contribution in [2.45, 2.75) is 32.7 Å². The maximum absolute atomic E-state index is 12.2. The lowest BCUT2D eigenvalue weighted by Gasteiger charge is -2.17. The third-order valence-electron chi connectivity index (χ3n) is 3.64. The van der Waals surface area contributed by atoms with E-state index in [2.05, 4.69) is 15.3 Å². The van der Waals surface area contributed by atoms with E-state index >= 15 is 0 Å². The van der Waals surface area contributed by atoms with Crippen LogP contribution in [0.1, 0.15) is 36.2 Å². The lowest BCUT2D eigenvalue weighted by Crippen LogP contribution is -2.37. The van der Waals surface area contributed by atoms with E-state index in [0.29, 0.717) is 6.42 Å². The monoisotopic (exact) mass is 316 g/mol. The van der Waals surface area contributed by atoms with Crippen LogP contribution < -0.4 is 16.6 Å². The van der Waals surface area contributed by atoms with Crippen molar-refractivity contribution < 1.29 is 4.79 Å². The number of carbonyl (C=O) groups is 1. The molecule has 1 atom stereocenters. The van der Waals surface area contributed by atoms with Crippen LogP contribution in [0.2, 0.25) is 0 Å². The predicted octanol–water partition coefficient (Wildman–Crippen LogP) is 0.587. The number of hydrogen-bond donors (Lipinski definition) is 2. The Morgan fingerprint density at radius 1 is 1.43 bits per heavy atom. The van der Waals surface area contributed by atoms with Crippen molar-refractivity contribution in [2.75, 3.05) is 0 Å². The van der Waals surface area contributed by atoms with Crippen molar-refractivity contribution in [2.24, 2.45) is 7.05 Å². The zero-order valence-corrected chi connectivity index (χ0v) is 13.4. The fourth-order valence-electron chi connectivity index (χ4n) is 2.30. The summed E-state index contributed by atoms with van der Waals surface area (Å²) in [5.41, 5.74) is 1.13. The third-order valence-corrected chi connectivity index (χ3v) is 3.64. The topological polar surface area (TPSA) is 96.9 Å². The first kappa shape index (κ1) is 16.7. The standard InChI is InChI=1S/C16H20N4O3/c1-4-12(13-7-10(2)5-6-17-13)19-14(21)8-11-9-18-16(23)20(3)15(11)22/h5-7,9,12H,4,8H2,1-3H3,(H,18,23)(H,19,21)/t12-/m0/s1. The first-order chi connectivity index (χ1) is 10.9. The van der Waals surface area contributed by atoms with Gasteiger partial charge in [-0.2, -0.15) is 0 Å². The average molecular weight is 316 g/mol. The van der Waals surface area contributed by atoms with Crippen LogP contribution >= 0.6 is 0 Å². The second-order valence-corrected chi connectivity index (χ2v) is 5.45. The molecule has 0 bridgehead atoms. The normalized spacial score (nSPS) is 12.0. The first-order valence-corrected chi connectivity index (χ1v) is 7.42. The second kappa shape index (κ2) is 7.04. The minimum Gasteiger partial charge on any atom is -0.347 e. The van der Waals surface area contributed by atoms with Crippen molar-refractivity contribution in [3.05, 3.63) is 62.2 Å². The number of hydrogen-bond acceptors (Lipinski definition) is 4. The van der Waals surface area contributed by atoms with Gasteiger partial charge in [0.25, 0.3) is 5.56 Å². The maximum Gasteiger partial charge on any atom is 0.328 e. The summed E-state index contributed by atoms with van der Waals surface area (Å²) in [6.07, 6.45) is 3.59. The Hall–Kier alpha value is -2.70. The molecule has 7 nitrogen and oxygen atoms in total. The molecule has 23 heavy (non-hydrogen) atoms. The Morgan fingerprint density at radius 3 is 2.83 bits per heavy atom. The predicted molar refractivity (Wildman–Crippen MR) is 86.2 cm³/mol. The van der Waals surface area contributed by atoms with Crippen LogP contribution in [0.3, 0.4) is 0 Å². The molecule has 0 spiro atoms. The van der Waals surface area contributed by atoms with Crippen molar-refractivity contribution in [1.29, 1.82) is 0 Å². The van der Waals surface area contributed by atoms with Crippen molar-refractivity contribution in [3.8, 4) is 0 Å². The quantitative estimate of drug-likeness (QED) is 0.843. The molecule has 0 aliphatic carbocycles. The highest BCUT2D eigenvalue weighted by Gasteiger charge is 2.16. The summed E-state index contributed by atoms with van der Waals surface area (Å²) in [6.45, 7) is 3.91.